The summed E-state index contributed by atoms with van der Waals surface area (Å²) in [4.78, 5) is 27.2. The third-order valence-corrected chi connectivity index (χ3v) is 6.78. The molecule has 2 N–H and O–H groups in total. The van der Waals surface area contributed by atoms with Gasteiger partial charge in [-0.2, -0.15) is 0 Å². The summed E-state index contributed by atoms with van der Waals surface area (Å²) in [6.07, 6.45) is 0.323. The van der Waals surface area contributed by atoms with Gasteiger partial charge in [-0.3, -0.25) is 9.59 Å². The van der Waals surface area contributed by atoms with Gasteiger partial charge in [0, 0.05) is 28.3 Å². The number of thioether (sulfide) groups is 1. The molecule has 182 valence electrons. The van der Waals surface area contributed by atoms with E-state index < -0.39 is 17.8 Å². The van der Waals surface area contributed by atoms with Gasteiger partial charge in [-0.05, 0) is 66.1 Å². The van der Waals surface area contributed by atoms with Gasteiger partial charge in [0.1, 0.15) is 11.9 Å². The second-order valence-corrected chi connectivity index (χ2v) is 9.51. The van der Waals surface area contributed by atoms with Gasteiger partial charge in [-0.15, -0.1) is 11.8 Å². The second-order valence-electron chi connectivity index (χ2n) is 8.46. The lowest BCUT2D eigenvalue weighted by Gasteiger charge is -2.20. The molecular weight excluding hydrogens is 471 g/mol. The van der Waals surface area contributed by atoms with Crippen LogP contribution in [0.3, 0.4) is 0 Å². The van der Waals surface area contributed by atoms with Crippen LogP contribution in [0.5, 0.6) is 0 Å². The summed E-state index contributed by atoms with van der Waals surface area (Å²) in [7, 11) is 0. The van der Waals surface area contributed by atoms with Crippen molar-refractivity contribution >= 4 is 29.3 Å². The molecule has 0 aliphatic carbocycles. The number of halogens is 1. The maximum atomic E-state index is 13.3. The number of anilines is 1. The minimum atomic E-state index is -0.809. The van der Waals surface area contributed by atoms with Crippen molar-refractivity contribution < 1.29 is 14.0 Å². The molecule has 4 aromatic carbocycles. The van der Waals surface area contributed by atoms with Crippen LogP contribution in [-0.2, 0) is 17.0 Å². The van der Waals surface area contributed by atoms with Gasteiger partial charge in [0.25, 0.3) is 5.91 Å². The fourth-order valence-electron chi connectivity index (χ4n) is 3.73. The van der Waals surface area contributed by atoms with E-state index in [1.807, 2.05) is 73.7 Å². The fraction of sp³-hybridized carbons (Fsp3) is 0.133. The Morgan fingerprint density at radius 1 is 0.833 bits per heavy atom. The average Bonchev–Trinajstić information content (AvgIpc) is 2.90. The summed E-state index contributed by atoms with van der Waals surface area (Å²) in [5, 5.41) is 5.79. The summed E-state index contributed by atoms with van der Waals surface area (Å²) >= 11 is 1.73. The topological polar surface area (TPSA) is 58.2 Å². The van der Waals surface area contributed by atoms with Crippen LogP contribution in [0.2, 0.25) is 0 Å². The molecular formula is C30H27FN2O2S. The Morgan fingerprint density at radius 2 is 1.47 bits per heavy atom. The van der Waals surface area contributed by atoms with Crippen LogP contribution in [0.25, 0.3) is 0 Å². The quantitative estimate of drug-likeness (QED) is 0.262. The highest BCUT2D eigenvalue weighted by atomic mass is 32.2. The van der Waals surface area contributed by atoms with Gasteiger partial charge in [0.2, 0.25) is 5.91 Å². The number of rotatable bonds is 9. The number of hydrogen-bond donors (Lipinski definition) is 2. The van der Waals surface area contributed by atoms with Crippen LogP contribution in [0.4, 0.5) is 10.1 Å². The molecule has 4 aromatic rings. The molecule has 0 radical (unpaired) electrons. The van der Waals surface area contributed by atoms with Crippen molar-refractivity contribution in [1.82, 2.24) is 5.32 Å². The van der Waals surface area contributed by atoms with Crippen molar-refractivity contribution in [2.24, 2.45) is 0 Å². The number of amides is 2. The number of benzene rings is 4. The summed E-state index contributed by atoms with van der Waals surface area (Å²) in [5.41, 5.74) is 4.08. The van der Waals surface area contributed by atoms with Crippen molar-refractivity contribution in [3.63, 3.8) is 0 Å². The van der Waals surface area contributed by atoms with E-state index in [-0.39, 0.29) is 5.91 Å². The molecule has 0 heterocycles. The van der Waals surface area contributed by atoms with Crippen molar-refractivity contribution in [3.8, 4) is 0 Å². The van der Waals surface area contributed by atoms with Crippen LogP contribution in [0.1, 0.15) is 27.0 Å². The molecule has 0 fully saturated rings. The van der Waals surface area contributed by atoms with Gasteiger partial charge in [-0.25, -0.2) is 4.39 Å². The van der Waals surface area contributed by atoms with Crippen molar-refractivity contribution in [1.29, 1.82) is 0 Å². The van der Waals surface area contributed by atoms with E-state index in [1.54, 1.807) is 11.8 Å². The molecule has 1 atom stereocenters. The predicted molar refractivity (Wildman–Crippen MR) is 144 cm³/mol. The van der Waals surface area contributed by atoms with Crippen molar-refractivity contribution in [2.45, 2.75) is 30.0 Å². The number of nitrogens with one attached hydrogen (secondary N) is 2. The zero-order chi connectivity index (χ0) is 25.3. The Labute approximate surface area is 215 Å². The Morgan fingerprint density at radius 3 is 2.11 bits per heavy atom. The summed E-state index contributed by atoms with van der Waals surface area (Å²) in [6, 6.07) is 30.1. The normalized spacial score (nSPS) is 11.5. The lowest BCUT2D eigenvalue weighted by Crippen LogP contribution is -2.45. The number of carbonyl (C=O) groups is 2. The van der Waals surface area contributed by atoms with Crippen molar-refractivity contribution in [3.05, 3.63) is 131 Å². The minimum Gasteiger partial charge on any atom is -0.340 e. The van der Waals surface area contributed by atoms with Crippen LogP contribution in [0.15, 0.2) is 108 Å². The van der Waals surface area contributed by atoms with Crippen LogP contribution >= 0.6 is 11.8 Å². The Kier molecular flexibility index (Phi) is 8.53. The van der Waals surface area contributed by atoms with Gasteiger partial charge in [0.05, 0.1) is 0 Å². The predicted octanol–water partition coefficient (Wildman–Crippen LogP) is 6.41. The maximum absolute atomic E-state index is 13.3. The number of carbonyl (C=O) groups excluding carboxylic acids is 2. The first-order chi connectivity index (χ1) is 17.5. The molecule has 2 amide bonds. The zero-order valence-electron chi connectivity index (χ0n) is 19.9. The average molecular weight is 499 g/mol. The Hall–Kier alpha value is -3.90. The van der Waals surface area contributed by atoms with E-state index in [0.29, 0.717) is 17.7 Å². The first-order valence-electron chi connectivity index (χ1n) is 11.7. The van der Waals surface area contributed by atoms with E-state index in [1.165, 1.54) is 29.8 Å². The van der Waals surface area contributed by atoms with Gasteiger partial charge in [0.15, 0.2) is 0 Å². The largest absolute Gasteiger partial charge is 0.340 e. The van der Waals surface area contributed by atoms with Crippen LogP contribution in [-0.4, -0.2) is 17.9 Å². The standard InChI is InChI=1S/C30H27FN2O2S/c1-21-18-26(36-20-23-10-6-3-7-11-23)16-17-27(21)32-30(35)28(19-22-8-4-2-5-9-22)33-29(34)24-12-14-25(31)15-13-24/h2-18,28H,19-20H2,1H3,(H,32,35)(H,33,34)/t28-/m0/s1. The third-order valence-electron chi connectivity index (χ3n) is 5.71. The summed E-state index contributed by atoms with van der Waals surface area (Å²) in [5.74, 6) is -0.316. The van der Waals surface area contributed by atoms with Gasteiger partial charge >= 0.3 is 0 Å². The Balaban J connectivity index is 1.46. The molecule has 4 rings (SSSR count). The molecule has 0 saturated heterocycles. The summed E-state index contributed by atoms with van der Waals surface area (Å²) < 4.78 is 13.3. The second kappa shape index (κ2) is 12.2. The van der Waals surface area contributed by atoms with E-state index in [2.05, 4.69) is 22.8 Å². The molecule has 0 unspecified atom stereocenters. The molecule has 0 aliphatic heterocycles. The Bertz CT molecular complexity index is 1310. The van der Waals surface area contributed by atoms with E-state index in [0.717, 1.165) is 21.8 Å². The van der Waals surface area contributed by atoms with E-state index >= 15 is 0 Å². The SMILES string of the molecule is Cc1cc(SCc2ccccc2)ccc1NC(=O)[C@H](Cc1ccccc1)NC(=O)c1ccc(F)cc1. The number of hydrogen-bond acceptors (Lipinski definition) is 3. The maximum Gasteiger partial charge on any atom is 0.251 e. The molecule has 0 aromatic heterocycles. The van der Waals surface area contributed by atoms with Crippen molar-refractivity contribution in [2.75, 3.05) is 5.32 Å². The zero-order valence-corrected chi connectivity index (χ0v) is 20.7. The highest BCUT2D eigenvalue weighted by molar-refractivity contribution is 7.98. The lowest BCUT2D eigenvalue weighted by molar-refractivity contribution is -0.118. The molecule has 0 bridgehead atoms. The highest BCUT2D eigenvalue weighted by Gasteiger charge is 2.23. The van der Waals surface area contributed by atoms with Gasteiger partial charge in [-0.1, -0.05) is 60.7 Å². The smallest absolute Gasteiger partial charge is 0.251 e. The first kappa shape index (κ1) is 25.2. The third kappa shape index (κ3) is 7.06. The summed E-state index contributed by atoms with van der Waals surface area (Å²) in [6.45, 7) is 1.95. The molecule has 0 saturated carbocycles. The first-order valence-corrected chi connectivity index (χ1v) is 12.6. The highest BCUT2D eigenvalue weighted by Crippen LogP contribution is 2.27. The molecule has 0 aliphatic rings. The number of aryl methyl sites for hydroxylation is 1. The molecule has 0 spiro atoms. The van der Waals surface area contributed by atoms with E-state index in [4.69, 9.17) is 0 Å². The van der Waals surface area contributed by atoms with Crippen LogP contribution < -0.4 is 10.6 Å². The molecule has 36 heavy (non-hydrogen) atoms. The monoisotopic (exact) mass is 498 g/mol. The molecule has 6 heteroatoms. The van der Waals surface area contributed by atoms with Crippen LogP contribution in [0, 0.1) is 12.7 Å². The van der Waals surface area contributed by atoms with E-state index in [9.17, 15) is 14.0 Å². The fourth-order valence-corrected chi connectivity index (χ4v) is 4.68. The minimum absolute atomic E-state index is 0.290. The lowest BCUT2D eigenvalue weighted by atomic mass is 10.0. The van der Waals surface area contributed by atoms with Gasteiger partial charge < -0.3 is 10.6 Å². The molecule has 4 nitrogen and oxygen atoms in total.